The maximum absolute atomic E-state index is 9.01. The molecule has 2 heteroatoms. The number of rotatable bonds is 4. The van der Waals surface area contributed by atoms with Gasteiger partial charge in [0.15, 0.2) is 0 Å². The van der Waals surface area contributed by atoms with Crippen LogP contribution in [-0.4, -0.2) is 16.8 Å². The van der Waals surface area contributed by atoms with E-state index in [4.69, 9.17) is 10.2 Å². The van der Waals surface area contributed by atoms with Crippen LogP contribution in [0.25, 0.3) is 6.08 Å². The quantitative estimate of drug-likeness (QED) is 0.694. The highest BCUT2D eigenvalue weighted by Gasteiger charge is 1.87. The van der Waals surface area contributed by atoms with Crippen molar-refractivity contribution in [2.24, 2.45) is 0 Å². The molecule has 0 saturated carbocycles. The molecule has 0 atom stereocenters. The fourth-order valence-electron chi connectivity index (χ4n) is 1.01. The first-order chi connectivity index (χ1) is 6.33. The summed E-state index contributed by atoms with van der Waals surface area (Å²) in [5.41, 5.74) is 1.07. The molecular formula is C11H14O2. The largest absolute Gasteiger partial charge is 0.508 e. The molecular weight excluding hydrogens is 164 g/mol. The molecule has 0 aromatic heterocycles. The fraction of sp³-hybridized carbons (Fsp3) is 0.273. The van der Waals surface area contributed by atoms with Crippen molar-refractivity contribution in [3.05, 3.63) is 35.9 Å². The second-order valence-electron chi connectivity index (χ2n) is 2.86. The van der Waals surface area contributed by atoms with Gasteiger partial charge >= 0.3 is 0 Å². The van der Waals surface area contributed by atoms with Crippen molar-refractivity contribution in [1.29, 1.82) is 0 Å². The fourth-order valence-corrected chi connectivity index (χ4v) is 1.01. The summed E-state index contributed by atoms with van der Waals surface area (Å²) in [5, 5.41) is 17.5. The molecule has 0 aliphatic rings. The van der Waals surface area contributed by atoms with Gasteiger partial charge in [0.25, 0.3) is 0 Å². The number of phenolic OH excluding ortho intramolecular Hbond substituents is 1. The lowest BCUT2D eigenvalue weighted by Crippen LogP contribution is -1.78. The zero-order valence-electron chi connectivity index (χ0n) is 7.48. The van der Waals surface area contributed by atoms with Crippen molar-refractivity contribution in [3.63, 3.8) is 0 Å². The number of allylic oxidation sites excluding steroid dienone is 1. The minimum Gasteiger partial charge on any atom is -0.508 e. The Morgan fingerprint density at radius 2 is 1.85 bits per heavy atom. The molecule has 1 aromatic rings. The summed E-state index contributed by atoms with van der Waals surface area (Å²) in [6.45, 7) is 0.236. The summed E-state index contributed by atoms with van der Waals surface area (Å²) >= 11 is 0. The van der Waals surface area contributed by atoms with Gasteiger partial charge in [-0.2, -0.15) is 0 Å². The van der Waals surface area contributed by atoms with Crippen molar-refractivity contribution in [2.75, 3.05) is 6.61 Å². The second-order valence-corrected chi connectivity index (χ2v) is 2.86. The lowest BCUT2D eigenvalue weighted by Gasteiger charge is -1.93. The van der Waals surface area contributed by atoms with Crippen LogP contribution in [0.15, 0.2) is 30.3 Å². The third-order valence-corrected chi connectivity index (χ3v) is 1.73. The van der Waals surface area contributed by atoms with Crippen LogP contribution in [0.1, 0.15) is 18.4 Å². The smallest absolute Gasteiger partial charge is 0.115 e. The van der Waals surface area contributed by atoms with Gasteiger partial charge in [0.1, 0.15) is 5.75 Å². The highest BCUT2D eigenvalue weighted by Crippen LogP contribution is 2.11. The number of hydrogen-bond acceptors (Lipinski definition) is 2. The van der Waals surface area contributed by atoms with E-state index in [1.807, 2.05) is 24.3 Å². The van der Waals surface area contributed by atoms with Crippen molar-refractivity contribution < 1.29 is 10.2 Å². The van der Waals surface area contributed by atoms with Crippen LogP contribution < -0.4 is 0 Å². The van der Waals surface area contributed by atoms with Crippen LogP contribution in [0.3, 0.4) is 0 Å². The average Bonchev–Trinajstić information content (AvgIpc) is 2.15. The molecule has 0 saturated heterocycles. The van der Waals surface area contributed by atoms with Crippen LogP contribution in [0, 0.1) is 0 Å². The van der Waals surface area contributed by atoms with Gasteiger partial charge in [0, 0.05) is 6.61 Å². The Kier molecular flexibility index (Phi) is 4.06. The molecule has 0 bridgehead atoms. The van der Waals surface area contributed by atoms with E-state index in [2.05, 4.69) is 0 Å². The topological polar surface area (TPSA) is 40.5 Å². The van der Waals surface area contributed by atoms with E-state index in [9.17, 15) is 0 Å². The molecule has 2 nitrogen and oxygen atoms in total. The molecule has 0 aliphatic carbocycles. The SMILES string of the molecule is OCCCC=Cc1ccc(O)cc1. The summed E-state index contributed by atoms with van der Waals surface area (Å²) in [6, 6.07) is 7.02. The van der Waals surface area contributed by atoms with E-state index in [0.29, 0.717) is 0 Å². The minimum atomic E-state index is 0.236. The maximum atomic E-state index is 9.01. The molecule has 0 radical (unpaired) electrons. The highest BCUT2D eigenvalue weighted by atomic mass is 16.3. The molecule has 1 aromatic carbocycles. The van der Waals surface area contributed by atoms with Gasteiger partial charge in [-0.05, 0) is 30.5 Å². The van der Waals surface area contributed by atoms with E-state index in [-0.39, 0.29) is 12.4 Å². The van der Waals surface area contributed by atoms with Crippen LogP contribution in [0.5, 0.6) is 5.75 Å². The predicted octanol–water partition coefficient (Wildman–Crippen LogP) is 2.18. The number of phenols is 1. The number of benzene rings is 1. The lowest BCUT2D eigenvalue weighted by molar-refractivity contribution is 0.290. The number of aliphatic hydroxyl groups excluding tert-OH is 1. The summed E-state index contributed by atoms with van der Waals surface area (Å²) < 4.78 is 0. The van der Waals surface area contributed by atoms with E-state index in [1.165, 1.54) is 0 Å². The summed E-state index contributed by atoms with van der Waals surface area (Å²) in [6.07, 6.45) is 5.68. The number of unbranched alkanes of at least 4 members (excludes halogenated alkanes) is 1. The lowest BCUT2D eigenvalue weighted by atomic mass is 10.2. The molecule has 13 heavy (non-hydrogen) atoms. The molecule has 0 aliphatic heterocycles. The van der Waals surface area contributed by atoms with Gasteiger partial charge in [-0.1, -0.05) is 24.3 Å². The third-order valence-electron chi connectivity index (χ3n) is 1.73. The van der Waals surface area contributed by atoms with Gasteiger partial charge in [0.05, 0.1) is 0 Å². The van der Waals surface area contributed by atoms with Crippen molar-refractivity contribution in [1.82, 2.24) is 0 Å². The molecule has 0 unspecified atom stereocenters. The first-order valence-corrected chi connectivity index (χ1v) is 4.39. The molecule has 70 valence electrons. The normalized spacial score (nSPS) is 10.8. The number of aromatic hydroxyl groups is 1. The molecule has 0 heterocycles. The van der Waals surface area contributed by atoms with Crippen LogP contribution in [0.2, 0.25) is 0 Å². The van der Waals surface area contributed by atoms with Gasteiger partial charge in [-0.15, -0.1) is 0 Å². The molecule has 1 rings (SSSR count). The Bertz CT molecular complexity index is 262. The first-order valence-electron chi connectivity index (χ1n) is 4.39. The predicted molar refractivity (Wildman–Crippen MR) is 53.5 cm³/mol. The average molecular weight is 178 g/mol. The molecule has 0 fully saturated rings. The van der Waals surface area contributed by atoms with E-state index in [1.54, 1.807) is 12.1 Å². The van der Waals surface area contributed by atoms with E-state index >= 15 is 0 Å². The minimum absolute atomic E-state index is 0.236. The van der Waals surface area contributed by atoms with Gasteiger partial charge in [0.2, 0.25) is 0 Å². The number of aliphatic hydroxyl groups is 1. The first kappa shape index (κ1) is 9.81. The Hall–Kier alpha value is -1.28. The highest BCUT2D eigenvalue weighted by molar-refractivity contribution is 5.50. The third kappa shape index (κ3) is 3.76. The second kappa shape index (κ2) is 5.38. The Morgan fingerprint density at radius 3 is 2.46 bits per heavy atom. The number of hydrogen-bond donors (Lipinski definition) is 2. The maximum Gasteiger partial charge on any atom is 0.115 e. The summed E-state index contributed by atoms with van der Waals surface area (Å²) in [4.78, 5) is 0. The Balaban J connectivity index is 2.44. The van der Waals surface area contributed by atoms with Crippen molar-refractivity contribution >= 4 is 6.08 Å². The molecule has 2 N–H and O–H groups in total. The standard InChI is InChI=1S/C11H14O2/c12-9-3-1-2-4-10-5-7-11(13)8-6-10/h2,4-8,12-13H,1,3,9H2. The van der Waals surface area contributed by atoms with Gasteiger partial charge in [-0.25, -0.2) is 0 Å². The van der Waals surface area contributed by atoms with Crippen LogP contribution in [0.4, 0.5) is 0 Å². The molecule has 0 amide bonds. The van der Waals surface area contributed by atoms with Crippen molar-refractivity contribution in [2.45, 2.75) is 12.8 Å². The Morgan fingerprint density at radius 1 is 1.15 bits per heavy atom. The van der Waals surface area contributed by atoms with Gasteiger partial charge < -0.3 is 10.2 Å². The van der Waals surface area contributed by atoms with Gasteiger partial charge in [-0.3, -0.25) is 0 Å². The summed E-state index contributed by atoms with van der Waals surface area (Å²) in [7, 11) is 0. The van der Waals surface area contributed by atoms with Crippen LogP contribution >= 0.6 is 0 Å². The Labute approximate surface area is 78.2 Å². The zero-order chi connectivity index (χ0) is 9.52. The van der Waals surface area contributed by atoms with Crippen molar-refractivity contribution in [3.8, 4) is 5.75 Å². The zero-order valence-corrected chi connectivity index (χ0v) is 7.48. The summed E-state index contributed by atoms with van der Waals surface area (Å²) in [5.74, 6) is 0.285. The van der Waals surface area contributed by atoms with E-state index < -0.39 is 0 Å². The molecule has 0 spiro atoms. The van der Waals surface area contributed by atoms with Crippen LogP contribution in [-0.2, 0) is 0 Å². The van der Waals surface area contributed by atoms with E-state index in [0.717, 1.165) is 18.4 Å². The monoisotopic (exact) mass is 178 g/mol.